The van der Waals surface area contributed by atoms with E-state index in [1.807, 2.05) is 42.5 Å². The van der Waals surface area contributed by atoms with Gasteiger partial charge in [0.1, 0.15) is 6.61 Å². The molecule has 0 fully saturated rings. The Balaban J connectivity index is 1.65. The van der Waals surface area contributed by atoms with Crippen LogP contribution in [0.1, 0.15) is 11.1 Å². The minimum atomic E-state index is -0.450. The summed E-state index contributed by atoms with van der Waals surface area (Å²) >= 11 is 0. The topological polar surface area (TPSA) is 86.0 Å². The van der Waals surface area contributed by atoms with Crippen LogP contribution in [0.15, 0.2) is 77.9 Å². The van der Waals surface area contributed by atoms with Crippen LogP contribution in [0, 0.1) is 10.1 Å². The van der Waals surface area contributed by atoms with Crippen molar-refractivity contribution in [2.24, 2.45) is 5.10 Å². The smallest absolute Gasteiger partial charge is 0.271 e. The van der Waals surface area contributed by atoms with Gasteiger partial charge in [-0.05, 0) is 35.4 Å². The molecule has 0 unspecified atom stereocenters. The average Bonchev–Trinajstić information content (AvgIpc) is 2.73. The second-order valence-corrected chi connectivity index (χ2v) is 5.86. The fourth-order valence-corrected chi connectivity index (χ4v) is 2.49. The third kappa shape index (κ3) is 5.07. The third-order valence-corrected chi connectivity index (χ3v) is 3.89. The van der Waals surface area contributed by atoms with E-state index in [0.717, 1.165) is 11.1 Å². The molecule has 0 amide bonds. The van der Waals surface area contributed by atoms with Crippen LogP contribution >= 0.6 is 0 Å². The van der Waals surface area contributed by atoms with Crippen molar-refractivity contribution in [2.75, 3.05) is 12.5 Å². The van der Waals surface area contributed by atoms with Crippen molar-refractivity contribution in [2.45, 2.75) is 6.61 Å². The Bertz CT molecular complexity index is 974. The first-order valence-electron chi connectivity index (χ1n) is 8.54. The molecule has 7 heteroatoms. The second kappa shape index (κ2) is 9.18. The minimum absolute atomic E-state index is 0.00165. The zero-order valence-electron chi connectivity index (χ0n) is 15.2. The van der Waals surface area contributed by atoms with Crippen LogP contribution in [-0.4, -0.2) is 18.2 Å². The van der Waals surface area contributed by atoms with Crippen LogP contribution in [0.3, 0.4) is 0 Å². The Morgan fingerprint density at radius 1 is 1.04 bits per heavy atom. The summed E-state index contributed by atoms with van der Waals surface area (Å²) in [6.45, 7) is 0.443. The molecular weight excluding hydrogens is 358 g/mol. The maximum atomic E-state index is 10.8. The number of non-ortho nitro benzene ring substituents is 1. The molecule has 7 nitrogen and oxygen atoms in total. The van der Waals surface area contributed by atoms with Crippen LogP contribution in [-0.2, 0) is 6.61 Å². The molecule has 0 heterocycles. The molecule has 0 atom stereocenters. The van der Waals surface area contributed by atoms with Crippen LogP contribution in [0.2, 0.25) is 0 Å². The molecule has 0 bridgehead atoms. The highest BCUT2D eigenvalue weighted by molar-refractivity contribution is 5.81. The van der Waals surface area contributed by atoms with Crippen molar-refractivity contribution in [3.63, 3.8) is 0 Å². The predicted octanol–water partition coefficient (Wildman–Crippen LogP) is 4.63. The molecule has 0 aliphatic carbocycles. The maximum absolute atomic E-state index is 10.8. The summed E-state index contributed by atoms with van der Waals surface area (Å²) in [5, 5.41) is 14.9. The van der Waals surface area contributed by atoms with E-state index < -0.39 is 4.92 Å². The molecule has 0 spiro atoms. The van der Waals surface area contributed by atoms with E-state index in [4.69, 9.17) is 9.47 Å². The first-order valence-corrected chi connectivity index (χ1v) is 8.54. The number of hydrogen-bond acceptors (Lipinski definition) is 6. The summed E-state index contributed by atoms with van der Waals surface area (Å²) in [4.78, 5) is 10.4. The number of benzene rings is 3. The number of nitro benzene ring substituents is 1. The van der Waals surface area contributed by atoms with Gasteiger partial charge in [-0.3, -0.25) is 15.5 Å². The van der Waals surface area contributed by atoms with Crippen molar-refractivity contribution in [3.05, 3.63) is 94.0 Å². The van der Waals surface area contributed by atoms with Crippen molar-refractivity contribution in [1.29, 1.82) is 0 Å². The highest BCUT2D eigenvalue weighted by Gasteiger charge is 2.06. The molecule has 0 radical (unpaired) electrons. The van der Waals surface area contributed by atoms with Crippen molar-refractivity contribution < 1.29 is 14.4 Å². The minimum Gasteiger partial charge on any atom is -0.493 e. The monoisotopic (exact) mass is 377 g/mol. The van der Waals surface area contributed by atoms with Gasteiger partial charge in [-0.1, -0.05) is 36.4 Å². The van der Waals surface area contributed by atoms with Gasteiger partial charge in [-0.2, -0.15) is 5.10 Å². The van der Waals surface area contributed by atoms with E-state index in [9.17, 15) is 10.1 Å². The zero-order valence-corrected chi connectivity index (χ0v) is 15.2. The number of methoxy groups -OCH3 is 1. The lowest BCUT2D eigenvalue weighted by Gasteiger charge is -2.11. The van der Waals surface area contributed by atoms with Gasteiger partial charge in [0.2, 0.25) is 0 Å². The SMILES string of the molecule is COc1cc(C=NNc2cccc([N+](=O)[O-])c2)ccc1OCc1ccccc1. The predicted molar refractivity (Wildman–Crippen MR) is 108 cm³/mol. The number of nitrogens with one attached hydrogen (secondary N) is 1. The van der Waals surface area contributed by atoms with E-state index >= 15 is 0 Å². The average molecular weight is 377 g/mol. The summed E-state index contributed by atoms with van der Waals surface area (Å²) in [7, 11) is 1.58. The van der Waals surface area contributed by atoms with Crippen LogP contribution < -0.4 is 14.9 Å². The van der Waals surface area contributed by atoms with Gasteiger partial charge in [0.05, 0.1) is 23.9 Å². The normalized spacial score (nSPS) is 10.6. The lowest BCUT2D eigenvalue weighted by Crippen LogP contribution is -1.98. The molecule has 0 aromatic heterocycles. The molecule has 0 aliphatic heterocycles. The van der Waals surface area contributed by atoms with Crippen LogP contribution in [0.5, 0.6) is 11.5 Å². The number of ether oxygens (including phenoxy) is 2. The Kier molecular flexibility index (Phi) is 6.20. The standard InChI is InChI=1S/C21H19N3O4/c1-27-21-12-17(10-11-20(21)28-15-16-6-3-2-4-7-16)14-22-23-18-8-5-9-19(13-18)24(25)26/h2-14,23H,15H2,1H3. The van der Waals surface area contributed by atoms with Gasteiger partial charge >= 0.3 is 0 Å². The largest absolute Gasteiger partial charge is 0.493 e. The summed E-state index contributed by atoms with van der Waals surface area (Å²) in [5.74, 6) is 1.23. The van der Waals surface area contributed by atoms with Crippen molar-refractivity contribution in [3.8, 4) is 11.5 Å². The third-order valence-electron chi connectivity index (χ3n) is 3.89. The molecule has 3 aromatic rings. The van der Waals surface area contributed by atoms with Gasteiger partial charge < -0.3 is 9.47 Å². The maximum Gasteiger partial charge on any atom is 0.271 e. The number of hydrazone groups is 1. The summed E-state index contributed by atoms with van der Waals surface area (Å²) in [5.41, 5.74) is 5.17. The molecule has 3 aromatic carbocycles. The van der Waals surface area contributed by atoms with E-state index in [0.29, 0.717) is 23.8 Å². The molecule has 0 saturated carbocycles. The summed E-state index contributed by atoms with van der Waals surface area (Å²) in [6.07, 6.45) is 1.60. The van der Waals surface area contributed by atoms with Gasteiger partial charge in [0.25, 0.3) is 5.69 Å². The molecular formula is C21H19N3O4. The number of rotatable bonds is 8. The van der Waals surface area contributed by atoms with Gasteiger partial charge in [0, 0.05) is 12.1 Å². The molecule has 142 valence electrons. The van der Waals surface area contributed by atoms with Gasteiger partial charge in [0.15, 0.2) is 11.5 Å². The molecule has 1 N–H and O–H groups in total. The molecule has 0 saturated heterocycles. The highest BCUT2D eigenvalue weighted by atomic mass is 16.6. The second-order valence-electron chi connectivity index (χ2n) is 5.86. The van der Waals surface area contributed by atoms with E-state index in [1.165, 1.54) is 12.1 Å². The number of nitrogens with zero attached hydrogens (tertiary/aromatic N) is 2. The zero-order chi connectivity index (χ0) is 19.8. The van der Waals surface area contributed by atoms with Gasteiger partial charge in [-0.15, -0.1) is 0 Å². The fourth-order valence-electron chi connectivity index (χ4n) is 2.49. The Morgan fingerprint density at radius 2 is 1.86 bits per heavy atom. The van der Waals surface area contributed by atoms with Crippen molar-refractivity contribution in [1.82, 2.24) is 0 Å². The fraction of sp³-hybridized carbons (Fsp3) is 0.0952. The Labute approximate surface area is 162 Å². The van der Waals surface area contributed by atoms with Crippen LogP contribution in [0.4, 0.5) is 11.4 Å². The first-order chi connectivity index (χ1) is 13.7. The molecule has 3 rings (SSSR count). The molecule has 28 heavy (non-hydrogen) atoms. The first kappa shape index (κ1) is 18.9. The van der Waals surface area contributed by atoms with Crippen molar-refractivity contribution >= 4 is 17.6 Å². The number of hydrogen-bond donors (Lipinski definition) is 1. The van der Waals surface area contributed by atoms with E-state index in [1.54, 1.807) is 31.5 Å². The Hall–Kier alpha value is -3.87. The number of nitro groups is 1. The van der Waals surface area contributed by atoms with Gasteiger partial charge in [-0.25, -0.2) is 0 Å². The van der Waals surface area contributed by atoms with E-state index in [-0.39, 0.29) is 5.69 Å². The lowest BCUT2D eigenvalue weighted by atomic mass is 10.2. The number of anilines is 1. The Morgan fingerprint density at radius 3 is 2.61 bits per heavy atom. The van der Waals surface area contributed by atoms with Crippen LogP contribution in [0.25, 0.3) is 0 Å². The summed E-state index contributed by atoms with van der Waals surface area (Å²) in [6, 6.07) is 21.5. The highest BCUT2D eigenvalue weighted by Crippen LogP contribution is 2.28. The molecule has 0 aliphatic rings. The quantitative estimate of drug-likeness (QED) is 0.351. The lowest BCUT2D eigenvalue weighted by molar-refractivity contribution is -0.384. The van der Waals surface area contributed by atoms with E-state index in [2.05, 4.69) is 10.5 Å². The summed E-state index contributed by atoms with van der Waals surface area (Å²) < 4.78 is 11.2.